The number of hydrogen-bond donors (Lipinski definition) is 1. The maximum Gasteiger partial charge on any atom is 0.161 e. The van der Waals surface area contributed by atoms with E-state index in [9.17, 15) is 4.79 Å². The number of ketones is 1. The third-order valence-corrected chi connectivity index (χ3v) is 3.74. The van der Waals surface area contributed by atoms with Crippen LogP contribution >= 0.6 is 0 Å². The van der Waals surface area contributed by atoms with Crippen LogP contribution in [0.3, 0.4) is 0 Å². The second kappa shape index (κ2) is 4.98. The van der Waals surface area contributed by atoms with E-state index in [2.05, 4.69) is 23.8 Å². The monoisotopic (exact) mass is 247 g/mol. The Morgan fingerprint density at radius 2 is 2.11 bits per heavy atom. The molecule has 0 spiro atoms. The maximum atomic E-state index is 11.3. The summed E-state index contributed by atoms with van der Waals surface area (Å²) in [5.74, 6) is 0.0193. The highest BCUT2D eigenvalue weighted by molar-refractivity contribution is 5.99. The molecule has 4 nitrogen and oxygen atoms in total. The van der Waals surface area contributed by atoms with Gasteiger partial charge in [-0.05, 0) is 39.1 Å². The molecule has 1 heterocycles. The predicted octanol–water partition coefficient (Wildman–Crippen LogP) is 1.61. The Hall–Kier alpha value is -1.55. The fourth-order valence-electron chi connectivity index (χ4n) is 2.35. The van der Waals surface area contributed by atoms with Crippen molar-refractivity contribution in [3.63, 3.8) is 0 Å². The van der Waals surface area contributed by atoms with Crippen LogP contribution in [0.1, 0.15) is 24.2 Å². The first-order valence-electron chi connectivity index (χ1n) is 6.34. The highest BCUT2D eigenvalue weighted by Gasteiger charge is 2.21. The van der Waals surface area contributed by atoms with E-state index in [1.54, 1.807) is 6.92 Å². The number of rotatable bonds is 2. The lowest BCUT2D eigenvalue weighted by Crippen LogP contribution is -2.50. The molecule has 1 fully saturated rings. The molecule has 1 aliphatic heterocycles. The minimum absolute atomic E-state index is 0.0193. The van der Waals surface area contributed by atoms with Crippen LogP contribution in [-0.4, -0.2) is 43.4 Å². The minimum Gasteiger partial charge on any atom is -0.398 e. The third kappa shape index (κ3) is 2.48. The summed E-state index contributed by atoms with van der Waals surface area (Å²) in [6, 6.07) is 6.27. The fraction of sp³-hybridized carbons (Fsp3) is 0.500. The summed E-state index contributed by atoms with van der Waals surface area (Å²) in [7, 11) is 2.15. The van der Waals surface area contributed by atoms with Crippen molar-refractivity contribution >= 4 is 17.2 Å². The number of anilines is 2. The molecule has 1 aromatic rings. The number of carbonyl (C=O) groups excluding carboxylic acids is 1. The van der Waals surface area contributed by atoms with E-state index in [0.717, 1.165) is 25.3 Å². The summed E-state index contributed by atoms with van der Waals surface area (Å²) in [6.45, 7) is 6.81. The largest absolute Gasteiger partial charge is 0.398 e. The van der Waals surface area contributed by atoms with Crippen molar-refractivity contribution < 1.29 is 4.79 Å². The van der Waals surface area contributed by atoms with Crippen LogP contribution < -0.4 is 10.6 Å². The molecule has 4 heteroatoms. The van der Waals surface area contributed by atoms with Crippen molar-refractivity contribution in [2.24, 2.45) is 0 Å². The summed E-state index contributed by atoms with van der Waals surface area (Å²) in [5, 5.41) is 0. The first-order valence-corrected chi connectivity index (χ1v) is 6.34. The Bertz CT molecular complexity index is 458. The highest BCUT2D eigenvalue weighted by Crippen LogP contribution is 2.24. The van der Waals surface area contributed by atoms with E-state index in [0.29, 0.717) is 17.3 Å². The van der Waals surface area contributed by atoms with Crippen LogP contribution in [0, 0.1) is 0 Å². The summed E-state index contributed by atoms with van der Waals surface area (Å²) < 4.78 is 0. The van der Waals surface area contributed by atoms with Crippen LogP contribution in [-0.2, 0) is 0 Å². The van der Waals surface area contributed by atoms with Gasteiger partial charge in [0.2, 0.25) is 0 Å². The Labute approximate surface area is 108 Å². The number of piperazine rings is 1. The minimum atomic E-state index is 0.0193. The van der Waals surface area contributed by atoms with Gasteiger partial charge in [-0.25, -0.2) is 0 Å². The van der Waals surface area contributed by atoms with Crippen molar-refractivity contribution in [3.05, 3.63) is 23.8 Å². The van der Waals surface area contributed by atoms with E-state index in [-0.39, 0.29) is 5.78 Å². The molecule has 0 aromatic heterocycles. The molecule has 2 rings (SSSR count). The van der Waals surface area contributed by atoms with Gasteiger partial charge in [-0.3, -0.25) is 4.79 Å². The molecule has 2 N–H and O–H groups in total. The maximum absolute atomic E-state index is 11.3. The molecular formula is C14H21N3O. The number of likely N-dealkylation sites (N-methyl/N-ethyl adjacent to an activating group) is 1. The molecule has 18 heavy (non-hydrogen) atoms. The van der Waals surface area contributed by atoms with Crippen LogP contribution in [0.5, 0.6) is 0 Å². The van der Waals surface area contributed by atoms with Crippen LogP contribution in [0.4, 0.5) is 11.4 Å². The van der Waals surface area contributed by atoms with E-state index in [4.69, 9.17) is 5.73 Å². The number of nitrogens with two attached hydrogens (primary N) is 1. The van der Waals surface area contributed by atoms with E-state index in [1.807, 2.05) is 18.2 Å². The lowest BCUT2D eigenvalue weighted by atomic mass is 10.1. The van der Waals surface area contributed by atoms with Gasteiger partial charge in [-0.2, -0.15) is 0 Å². The molecule has 1 atom stereocenters. The topological polar surface area (TPSA) is 49.6 Å². The van der Waals surface area contributed by atoms with Crippen molar-refractivity contribution in [3.8, 4) is 0 Å². The van der Waals surface area contributed by atoms with Gasteiger partial charge in [0.15, 0.2) is 5.78 Å². The Morgan fingerprint density at radius 3 is 2.67 bits per heavy atom. The normalized spacial score (nSPS) is 21.1. The van der Waals surface area contributed by atoms with Crippen LogP contribution in [0.2, 0.25) is 0 Å². The van der Waals surface area contributed by atoms with Gasteiger partial charge < -0.3 is 15.5 Å². The molecule has 1 aromatic carbocycles. The quantitative estimate of drug-likeness (QED) is 0.637. The molecule has 1 aliphatic rings. The first-order chi connectivity index (χ1) is 8.49. The SMILES string of the molecule is CC(=O)c1ccc(N2CCN(C)C(C)C2)cc1N. The first kappa shape index (κ1) is 12.9. The Morgan fingerprint density at radius 1 is 1.39 bits per heavy atom. The van der Waals surface area contributed by atoms with Gasteiger partial charge in [0.1, 0.15) is 0 Å². The summed E-state index contributed by atoms with van der Waals surface area (Å²) in [6.07, 6.45) is 0. The predicted molar refractivity (Wildman–Crippen MR) is 75.2 cm³/mol. The molecule has 1 saturated heterocycles. The molecular weight excluding hydrogens is 226 g/mol. The molecule has 98 valence electrons. The van der Waals surface area contributed by atoms with Crippen molar-refractivity contribution in [1.29, 1.82) is 0 Å². The number of carbonyl (C=O) groups is 1. The van der Waals surface area contributed by atoms with Crippen molar-refractivity contribution in [2.45, 2.75) is 19.9 Å². The number of benzene rings is 1. The average Bonchev–Trinajstić information content (AvgIpc) is 2.32. The zero-order valence-electron chi connectivity index (χ0n) is 11.3. The van der Waals surface area contributed by atoms with Crippen LogP contribution in [0.25, 0.3) is 0 Å². The van der Waals surface area contributed by atoms with Gasteiger partial charge in [0, 0.05) is 42.6 Å². The second-order valence-corrected chi connectivity index (χ2v) is 5.10. The van der Waals surface area contributed by atoms with Gasteiger partial charge in [-0.15, -0.1) is 0 Å². The number of hydrogen-bond acceptors (Lipinski definition) is 4. The number of nitrogens with zero attached hydrogens (tertiary/aromatic N) is 2. The molecule has 0 bridgehead atoms. The van der Waals surface area contributed by atoms with Gasteiger partial charge in [0.05, 0.1) is 0 Å². The van der Waals surface area contributed by atoms with Crippen molar-refractivity contribution in [1.82, 2.24) is 4.90 Å². The molecule has 1 unspecified atom stereocenters. The smallest absolute Gasteiger partial charge is 0.161 e. The van der Waals surface area contributed by atoms with E-state index < -0.39 is 0 Å². The van der Waals surface area contributed by atoms with E-state index in [1.165, 1.54) is 0 Å². The standard InChI is InChI=1S/C14H21N3O/c1-10-9-17(7-6-16(10)3)12-4-5-13(11(2)18)14(15)8-12/h4-5,8,10H,6-7,9,15H2,1-3H3. The molecule has 0 amide bonds. The number of nitrogen functional groups attached to an aromatic ring is 1. The van der Waals surface area contributed by atoms with Gasteiger partial charge in [0.25, 0.3) is 0 Å². The molecule has 0 saturated carbocycles. The third-order valence-electron chi connectivity index (χ3n) is 3.74. The zero-order valence-corrected chi connectivity index (χ0v) is 11.3. The molecule has 0 aliphatic carbocycles. The number of Topliss-reactive ketones (excluding diaryl/α,β-unsaturated/α-hetero) is 1. The highest BCUT2D eigenvalue weighted by atomic mass is 16.1. The zero-order chi connectivity index (χ0) is 13.3. The van der Waals surface area contributed by atoms with E-state index >= 15 is 0 Å². The molecule has 0 radical (unpaired) electrons. The van der Waals surface area contributed by atoms with Gasteiger partial charge >= 0.3 is 0 Å². The summed E-state index contributed by atoms with van der Waals surface area (Å²) >= 11 is 0. The average molecular weight is 247 g/mol. The second-order valence-electron chi connectivity index (χ2n) is 5.10. The summed E-state index contributed by atoms with van der Waals surface area (Å²) in [5.41, 5.74) is 8.23. The Kier molecular flexibility index (Phi) is 3.57. The summed E-state index contributed by atoms with van der Waals surface area (Å²) in [4.78, 5) is 16.0. The fourth-order valence-corrected chi connectivity index (χ4v) is 2.35. The lowest BCUT2D eigenvalue weighted by Gasteiger charge is -2.39. The Balaban J connectivity index is 2.19. The van der Waals surface area contributed by atoms with Gasteiger partial charge in [-0.1, -0.05) is 0 Å². The van der Waals surface area contributed by atoms with Crippen molar-refractivity contribution in [2.75, 3.05) is 37.3 Å². The lowest BCUT2D eigenvalue weighted by molar-refractivity contribution is 0.101. The van der Waals surface area contributed by atoms with Crippen LogP contribution in [0.15, 0.2) is 18.2 Å².